The number of esters is 1. The van der Waals surface area contributed by atoms with Gasteiger partial charge in [-0.15, -0.1) is 0 Å². The van der Waals surface area contributed by atoms with Crippen molar-refractivity contribution >= 4 is 27.4 Å². The van der Waals surface area contributed by atoms with Crippen LogP contribution in [0.25, 0.3) is 0 Å². The summed E-state index contributed by atoms with van der Waals surface area (Å²) in [5.41, 5.74) is 3.28. The fraction of sp³-hybridized carbons (Fsp3) is 0.350. The molecule has 0 radical (unpaired) electrons. The Balaban J connectivity index is 1.99. The first-order valence-electron chi connectivity index (χ1n) is 8.70. The molecule has 0 saturated carbocycles. The lowest BCUT2D eigenvalue weighted by Crippen LogP contribution is -2.35. The average Bonchev–Trinajstić information content (AvgIpc) is 2.52. The molecule has 1 unspecified atom stereocenters. The van der Waals surface area contributed by atoms with Crippen LogP contribution in [0.1, 0.15) is 37.9 Å². The molecule has 144 valence electrons. The van der Waals surface area contributed by atoms with Gasteiger partial charge in [-0.05, 0) is 47.2 Å². The van der Waals surface area contributed by atoms with Crippen LogP contribution < -0.4 is 14.8 Å². The number of rotatable bonds is 4. The third kappa shape index (κ3) is 4.42. The number of benzene rings is 2. The van der Waals surface area contributed by atoms with Gasteiger partial charge in [-0.1, -0.05) is 32.0 Å². The van der Waals surface area contributed by atoms with Crippen LogP contribution in [0.3, 0.4) is 0 Å². The van der Waals surface area contributed by atoms with Gasteiger partial charge in [-0.25, -0.2) is 8.42 Å². The minimum Gasteiger partial charge on any atom is -0.427 e. The van der Waals surface area contributed by atoms with Gasteiger partial charge in [0.15, 0.2) is 0 Å². The lowest BCUT2D eigenvalue weighted by Gasteiger charge is -2.42. The predicted molar refractivity (Wildman–Crippen MR) is 107 cm³/mol. The SMILES string of the molecule is CC(=O)Oc1ccc2c(c1)CC(C)(C)C(c1ccccc1NS(C)(=O)=O)N2. The summed E-state index contributed by atoms with van der Waals surface area (Å²) < 4.78 is 31.3. The zero-order valence-corrected chi connectivity index (χ0v) is 16.7. The minimum atomic E-state index is -3.38. The molecule has 1 atom stereocenters. The normalized spacial score (nSPS) is 18.1. The van der Waals surface area contributed by atoms with Crippen LogP contribution in [0.4, 0.5) is 11.4 Å². The van der Waals surface area contributed by atoms with Crippen molar-refractivity contribution in [1.29, 1.82) is 0 Å². The molecule has 1 aliphatic heterocycles. The van der Waals surface area contributed by atoms with Crippen molar-refractivity contribution in [3.05, 3.63) is 53.6 Å². The predicted octanol–water partition coefficient (Wildman–Crippen LogP) is 3.72. The second-order valence-corrected chi connectivity index (χ2v) is 9.37. The number of para-hydroxylation sites is 1. The smallest absolute Gasteiger partial charge is 0.308 e. The van der Waals surface area contributed by atoms with Gasteiger partial charge in [0, 0.05) is 12.6 Å². The van der Waals surface area contributed by atoms with Gasteiger partial charge in [-0.2, -0.15) is 0 Å². The van der Waals surface area contributed by atoms with Crippen molar-refractivity contribution in [2.24, 2.45) is 5.41 Å². The lowest BCUT2D eigenvalue weighted by molar-refractivity contribution is -0.131. The van der Waals surface area contributed by atoms with Gasteiger partial charge < -0.3 is 10.1 Å². The van der Waals surface area contributed by atoms with Crippen LogP contribution in [0.5, 0.6) is 5.75 Å². The highest BCUT2D eigenvalue weighted by atomic mass is 32.2. The molecule has 27 heavy (non-hydrogen) atoms. The Bertz CT molecular complexity index is 983. The second-order valence-electron chi connectivity index (χ2n) is 7.62. The van der Waals surface area contributed by atoms with E-state index >= 15 is 0 Å². The molecule has 0 saturated heterocycles. The van der Waals surface area contributed by atoms with E-state index in [4.69, 9.17) is 4.74 Å². The van der Waals surface area contributed by atoms with Crippen molar-refractivity contribution in [3.63, 3.8) is 0 Å². The van der Waals surface area contributed by atoms with E-state index in [2.05, 4.69) is 23.9 Å². The van der Waals surface area contributed by atoms with Gasteiger partial charge >= 0.3 is 5.97 Å². The molecule has 0 fully saturated rings. The molecule has 2 N–H and O–H groups in total. The highest BCUT2D eigenvalue weighted by molar-refractivity contribution is 7.92. The molecule has 0 amide bonds. The monoisotopic (exact) mass is 388 g/mol. The van der Waals surface area contributed by atoms with Crippen molar-refractivity contribution in [2.45, 2.75) is 33.2 Å². The van der Waals surface area contributed by atoms with E-state index in [1.807, 2.05) is 30.3 Å². The van der Waals surface area contributed by atoms with Crippen molar-refractivity contribution in [2.75, 3.05) is 16.3 Å². The van der Waals surface area contributed by atoms with E-state index in [0.29, 0.717) is 11.4 Å². The maximum atomic E-state index is 11.7. The van der Waals surface area contributed by atoms with Crippen molar-refractivity contribution < 1.29 is 17.9 Å². The molecule has 2 aromatic rings. The number of fused-ring (bicyclic) bond motifs is 1. The van der Waals surface area contributed by atoms with Crippen molar-refractivity contribution in [3.8, 4) is 5.75 Å². The molecule has 0 aliphatic carbocycles. The quantitative estimate of drug-likeness (QED) is 0.616. The summed E-state index contributed by atoms with van der Waals surface area (Å²) in [6, 6.07) is 12.9. The summed E-state index contributed by atoms with van der Waals surface area (Å²) in [6.07, 6.45) is 1.90. The van der Waals surface area contributed by atoms with Crippen LogP contribution in [0.2, 0.25) is 0 Å². The Morgan fingerprint density at radius 1 is 1.22 bits per heavy atom. The van der Waals surface area contributed by atoms with Crippen molar-refractivity contribution in [1.82, 2.24) is 0 Å². The summed E-state index contributed by atoms with van der Waals surface area (Å²) in [5.74, 6) is 0.174. The molecule has 7 heteroatoms. The number of nitrogens with one attached hydrogen (secondary N) is 2. The molecule has 3 rings (SSSR count). The zero-order valence-electron chi connectivity index (χ0n) is 15.9. The Hall–Kier alpha value is -2.54. The van der Waals surface area contributed by atoms with Crippen LogP contribution in [0.15, 0.2) is 42.5 Å². The summed E-state index contributed by atoms with van der Waals surface area (Å²) in [5, 5.41) is 3.53. The molecule has 0 bridgehead atoms. The van der Waals surface area contributed by atoms with Gasteiger partial charge in [-0.3, -0.25) is 9.52 Å². The van der Waals surface area contributed by atoms with E-state index in [1.54, 1.807) is 12.1 Å². The maximum Gasteiger partial charge on any atom is 0.308 e. The van der Waals surface area contributed by atoms with Gasteiger partial charge in [0.25, 0.3) is 0 Å². The van der Waals surface area contributed by atoms with Gasteiger partial charge in [0.1, 0.15) is 5.75 Å². The molecular weight excluding hydrogens is 364 g/mol. The number of hydrogen-bond donors (Lipinski definition) is 2. The molecule has 2 aromatic carbocycles. The van der Waals surface area contributed by atoms with Crippen LogP contribution in [0, 0.1) is 5.41 Å². The number of sulfonamides is 1. The Labute approximate surface area is 160 Å². The largest absolute Gasteiger partial charge is 0.427 e. The Morgan fingerprint density at radius 2 is 1.93 bits per heavy atom. The second kappa shape index (κ2) is 6.88. The van der Waals surface area contributed by atoms with Crippen LogP contribution in [-0.4, -0.2) is 20.6 Å². The Morgan fingerprint density at radius 3 is 2.59 bits per heavy atom. The first-order valence-corrected chi connectivity index (χ1v) is 10.6. The molecular formula is C20H24N2O4S. The molecule has 0 spiro atoms. The van der Waals surface area contributed by atoms with Gasteiger partial charge in [0.2, 0.25) is 10.0 Å². The first-order chi connectivity index (χ1) is 12.5. The fourth-order valence-electron chi connectivity index (χ4n) is 3.57. The molecule has 0 aromatic heterocycles. The molecule has 1 aliphatic rings. The maximum absolute atomic E-state index is 11.7. The van der Waals surface area contributed by atoms with Gasteiger partial charge in [0.05, 0.1) is 18.0 Å². The van der Waals surface area contributed by atoms with E-state index < -0.39 is 10.0 Å². The number of carbonyl (C=O) groups excluding carboxylic acids is 1. The highest BCUT2D eigenvalue weighted by Crippen LogP contribution is 2.47. The van der Waals surface area contributed by atoms with E-state index in [1.165, 1.54) is 6.92 Å². The lowest BCUT2D eigenvalue weighted by atomic mass is 9.72. The number of carbonyl (C=O) groups is 1. The number of ether oxygens (including phenoxy) is 1. The molecule has 6 nitrogen and oxygen atoms in total. The first kappa shape index (κ1) is 19.2. The number of hydrogen-bond acceptors (Lipinski definition) is 5. The van der Waals surface area contributed by atoms with E-state index in [9.17, 15) is 13.2 Å². The van der Waals surface area contributed by atoms with Crippen LogP contribution in [-0.2, 0) is 21.2 Å². The third-order valence-corrected chi connectivity index (χ3v) is 5.22. The molecule has 1 heterocycles. The summed E-state index contributed by atoms with van der Waals surface area (Å²) in [7, 11) is -3.38. The fourth-order valence-corrected chi connectivity index (χ4v) is 4.16. The van der Waals surface area contributed by atoms with E-state index in [0.717, 1.165) is 29.5 Å². The highest BCUT2D eigenvalue weighted by Gasteiger charge is 2.37. The van der Waals surface area contributed by atoms with E-state index in [-0.39, 0.29) is 17.4 Å². The Kier molecular flexibility index (Phi) is 4.90. The minimum absolute atomic E-state index is 0.0879. The third-order valence-electron chi connectivity index (χ3n) is 4.63. The zero-order chi connectivity index (χ0) is 19.8. The van der Waals surface area contributed by atoms with Crippen LogP contribution >= 0.6 is 0 Å². The average molecular weight is 388 g/mol. The summed E-state index contributed by atoms with van der Waals surface area (Å²) in [4.78, 5) is 11.2. The summed E-state index contributed by atoms with van der Waals surface area (Å²) in [6.45, 7) is 5.63. The summed E-state index contributed by atoms with van der Waals surface area (Å²) >= 11 is 0. The topological polar surface area (TPSA) is 84.5 Å². The standard InChI is InChI=1S/C20H24N2O4S/c1-13(23)26-15-9-10-17-14(11-15)12-20(2,3)19(21-17)16-7-5-6-8-18(16)22-27(4,24)25/h5-11,19,21-22H,12H2,1-4H3. The number of anilines is 2.